The predicted octanol–water partition coefficient (Wildman–Crippen LogP) is 2.10. The molecule has 0 saturated carbocycles. The Labute approximate surface area is 121 Å². The van der Waals surface area contributed by atoms with Gasteiger partial charge in [-0.1, -0.05) is 25.8 Å². The van der Waals surface area contributed by atoms with Crippen LogP contribution in [0.3, 0.4) is 0 Å². The third-order valence-electron chi connectivity index (χ3n) is 2.76. The molecule has 0 bridgehead atoms. The van der Waals surface area contributed by atoms with E-state index in [1.54, 1.807) is 19.3 Å². The van der Waals surface area contributed by atoms with Crippen LogP contribution in [0.25, 0.3) is 0 Å². The topological polar surface area (TPSA) is 54.3 Å². The van der Waals surface area contributed by atoms with Gasteiger partial charge in [0.15, 0.2) is 5.78 Å². The van der Waals surface area contributed by atoms with Crippen molar-refractivity contribution in [2.75, 3.05) is 20.3 Å². The second kappa shape index (κ2) is 10.9. The number of terminal acetylenes is 1. The van der Waals surface area contributed by atoms with E-state index < -0.39 is 0 Å². The van der Waals surface area contributed by atoms with Crippen molar-refractivity contribution in [3.05, 3.63) is 12.2 Å². The number of ether oxygens (including phenoxy) is 1. The summed E-state index contributed by atoms with van der Waals surface area (Å²) in [6, 6.07) is 0. The summed E-state index contributed by atoms with van der Waals surface area (Å²) in [5, 5.41) is 9.32. The number of ketones is 1. The first-order chi connectivity index (χ1) is 9.58. The second-order valence-electron chi connectivity index (χ2n) is 4.32. The van der Waals surface area contributed by atoms with E-state index >= 15 is 0 Å². The average Bonchev–Trinajstić information content (AvgIpc) is 2.45. The van der Waals surface area contributed by atoms with Crippen molar-refractivity contribution in [2.24, 2.45) is 16.1 Å². The fourth-order valence-corrected chi connectivity index (χ4v) is 1.36. The average molecular weight is 277 g/mol. The number of methoxy groups -OCH3 is 1. The molecule has 0 aliphatic heterocycles. The highest BCUT2D eigenvalue weighted by atomic mass is 16.5. The molecule has 0 heterocycles. The molecule has 20 heavy (non-hydrogen) atoms. The molecule has 0 fully saturated rings. The quantitative estimate of drug-likeness (QED) is 0.349. The van der Waals surface area contributed by atoms with Crippen molar-refractivity contribution >= 4 is 18.2 Å². The molecule has 0 aliphatic carbocycles. The van der Waals surface area contributed by atoms with Gasteiger partial charge in [0.25, 0.3) is 0 Å². The number of Topliss-reactive ketones (excluding diaryl/α,β-unsaturated/α-hetero) is 1. The van der Waals surface area contributed by atoms with E-state index in [0.717, 1.165) is 12.1 Å². The van der Waals surface area contributed by atoms with E-state index in [0.29, 0.717) is 13.0 Å². The summed E-state index contributed by atoms with van der Waals surface area (Å²) >= 11 is 0. The van der Waals surface area contributed by atoms with Crippen molar-refractivity contribution in [2.45, 2.75) is 26.7 Å². The van der Waals surface area contributed by atoms with E-state index in [9.17, 15) is 4.79 Å². The van der Waals surface area contributed by atoms with Crippen molar-refractivity contribution in [3.63, 3.8) is 0 Å². The third kappa shape index (κ3) is 7.49. The van der Waals surface area contributed by atoms with E-state index in [1.165, 1.54) is 5.12 Å². The third-order valence-corrected chi connectivity index (χ3v) is 2.76. The van der Waals surface area contributed by atoms with Crippen molar-refractivity contribution < 1.29 is 9.53 Å². The Morgan fingerprint density at radius 3 is 2.80 bits per heavy atom. The van der Waals surface area contributed by atoms with Crippen LogP contribution in [0, 0.1) is 18.3 Å². The molecule has 1 atom stereocenters. The Kier molecular flexibility index (Phi) is 9.89. The highest BCUT2D eigenvalue weighted by Crippen LogP contribution is 2.05. The maximum absolute atomic E-state index is 11.9. The number of hydrogen-bond acceptors (Lipinski definition) is 5. The van der Waals surface area contributed by atoms with E-state index in [2.05, 4.69) is 22.8 Å². The minimum atomic E-state index is -0.0124. The molecule has 0 spiro atoms. The molecule has 110 valence electrons. The molecule has 0 aromatic carbocycles. The Balaban J connectivity index is 4.77. The van der Waals surface area contributed by atoms with Crippen LogP contribution in [0.2, 0.25) is 0 Å². The number of allylic oxidation sites excluding steroid dienone is 2. The van der Waals surface area contributed by atoms with Gasteiger partial charge in [0.2, 0.25) is 0 Å². The SMILES string of the molecule is C#C/C=C\C/C(COC)=N\N(CC(=O)C(C)CC)N=C. The molecule has 0 N–H and O–H groups in total. The van der Waals surface area contributed by atoms with Gasteiger partial charge in [-0.2, -0.15) is 15.3 Å². The standard InChI is InChI=1S/C15H23N3O2/c1-6-8-9-10-14(12-20-5)17-18(16-4)11-15(19)13(3)7-2/h1,8-9,13H,4,7,10-12H2,2-3,5H3/b9-8-,17-14+. The van der Waals surface area contributed by atoms with E-state index in [-0.39, 0.29) is 18.2 Å². The number of hydrazone groups is 2. The molecular weight excluding hydrogens is 254 g/mol. The van der Waals surface area contributed by atoms with Gasteiger partial charge in [-0.15, -0.1) is 6.42 Å². The molecule has 5 heteroatoms. The highest BCUT2D eigenvalue weighted by Gasteiger charge is 2.14. The Morgan fingerprint density at radius 1 is 1.60 bits per heavy atom. The van der Waals surface area contributed by atoms with Gasteiger partial charge in [-0.3, -0.25) is 4.79 Å². The smallest absolute Gasteiger partial charge is 0.158 e. The van der Waals surface area contributed by atoms with Crippen LogP contribution in [0.5, 0.6) is 0 Å². The van der Waals surface area contributed by atoms with Crippen LogP contribution in [-0.2, 0) is 9.53 Å². The van der Waals surface area contributed by atoms with Gasteiger partial charge in [0.1, 0.15) is 6.54 Å². The lowest BCUT2D eigenvalue weighted by Gasteiger charge is -2.16. The molecule has 0 aromatic rings. The molecule has 0 aromatic heterocycles. The molecule has 0 saturated heterocycles. The predicted molar refractivity (Wildman–Crippen MR) is 82.6 cm³/mol. The summed E-state index contributed by atoms with van der Waals surface area (Å²) in [6.45, 7) is 7.75. The number of rotatable bonds is 10. The first-order valence-electron chi connectivity index (χ1n) is 6.52. The van der Waals surface area contributed by atoms with Crippen LogP contribution in [0.15, 0.2) is 22.4 Å². The first-order valence-corrected chi connectivity index (χ1v) is 6.52. The molecular formula is C15H23N3O2. The maximum Gasteiger partial charge on any atom is 0.158 e. The first kappa shape index (κ1) is 18.1. The molecule has 0 rings (SSSR count). The number of hydrogen-bond donors (Lipinski definition) is 0. The van der Waals surface area contributed by atoms with Crippen molar-refractivity contribution in [3.8, 4) is 12.3 Å². The summed E-state index contributed by atoms with van der Waals surface area (Å²) in [5.41, 5.74) is 0.725. The number of carbonyl (C=O) groups excluding carboxylic acids is 1. The van der Waals surface area contributed by atoms with Crippen molar-refractivity contribution in [1.29, 1.82) is 0 Å². The van der Waals surface area contributed by atoms with Gasteiger partial charge in [0.05, 0.1) is 12.3 Å². The lowest BCUT2D eigenvalue weighted by molar-refractivity contribution is -0.123. The van der Waals surface area contributed by atoms with E-state index in [4.69, 9.17) is 11.2 Å². The monoisotopic (exact) mass is 277 g/mol. The van der Waals surface area contributed by atoms with Crippen molar-refractivity contribution in [1.82, 2.24) is 5.12 Å². The molecule has 5 nitrogen and oxygen atoms in total. The maximum atomic E-state index is 11.9. The van der Waals surface area contributed by atoms with Crippen LogP contribution in [-0.4, -0.2) is 43.6 Å². The van der Waals surface area contributed by atoms with Gasteiger partial charge in [-0.25, -0.2) is 0 Å². The fourth-order valence-electron chi connectivity index (χ4n) is 1.36. The summed E-state index contributed by atoms with van der Waals surface area (Å²) < 4.78 is 5.06. The zero-order valence-electron chi connectivity index (χ0n) is 12.5. The Bertz CT molecular complexity index is 408. The van der Waals surface area contributed by atoms with Crippen LogP contribution in [0.1, 0.15) is 26.7 Å². The zero-order valence-corrected chi connectivity index (χ0v) is 12.5. The molecule has 1 unspecified atom stereocenters. The fraction of sp³-hybridized carbons (Fsp3) is 0.533. The van der Waals surface area contributed by atoms with Gasteiger partial charge >= 0.3 is 0 Å². The van der Waals surface area contributed by atoms with Gasteiger partial charge < -0.3 is 4.74 Å². The normalized spacial score (nSPS) is 13.0. The lowest BCUT2D eigenvalue weighted by Crippen LogP contribution is -2.26. The number of nitrogens with zero attached hydrogens (tertiary/aromatic N) is 3. The Hall–Kier alpha value is -1.93. The van der Waals surface area contributed by atoms with Crippen LogP contribution < -0.4 is 0 Å². The Morgan fingerprint density at radius 2 is 2.30 bits per heavy atom. The minimum Gasteiger partial charge on any atom is -0.379 e. The molecule has 0 aliphatic rings. The minimum absolute atomic E-state index is 0.0124. The second-order valence-corrected chi connectivity index (χ2v) is 4.32. The summed E-state index contributed by atoms with van der Waals surface area (Å²) in [6.07, 6.45) is 9.88. The van der Waals surface area contributed by atoms with Crippen LogP contribution >= 0.6 is 0 Å². The summed E-state index contributed by atoms with van der Waals surface area (Å²) in [7, 11) is 1.58. The van der Waals surface area contributed by atoms with E-state index in [1.807, 2.05) is 13.8 Å². The summed E-state index contributed by atoms with van der Waals surface area (Å²) in [4.78, 5) is 11.9. The molecule has 0 radical (unpaired) electrons. The highest BCUT2D eigenvalue weighted by molar-refractivity contribution is 5.87. The zero-order chi connectivity index (χ0) is 15.4. The van der Waals surface area contributed by atoms with Gasteiger partial charge in [-0.05, 0) is 12.5 Å². The number of carbonyl (C=O) groups is 1. The molecule has 0 amide bonds. The summed E-state index contributed by atoms with van der Waals surface area (Å²) in [5.74, 6) is 2.48. The van der Waals surface area contributed by atoms with Crippen LogP contribution in [0.4, 0.5) is 0 Å². The lowest BCUT2D eigenvalue weighted by atomic mass is 10.0. The largest absolute Gasteiger partial charge is 0.379 e. The van der Waals surface area contributed by atoms with Gasteiger partial charge in [0, 0.05) is 26.2 Å².